The Labute approximate surface area is 236 Å². The van der Waals surface area contributed by atoms with Crippen molar-refractivity contribution in [1.29, 1.82) is 0 Å². The normalized spacial score (nSPS) is 17.0. The lowest BCUT2D eigenvalue weighted by atomic mass is 9.82. The van der Waals surface area contributed by atoms with Crippen molar-refractivity contribution in [2.24, 2.45) is 0 Å². The number of halogens is 3. The van der Waals surface area contributed by atoms with Crippen LogP contribution in [0.1, 0.15) is 75.3 Å². The molecular formula is C34H39F3O3. The number of ether oxygens (including phenoxy) is 3. The number of hydrogen-bond acceptors (Lipinski definition) is 3. The predicted octanol–water partition coefficient (Wildman–Crippen LogP) is 9.54. The highest BCUT2D eigenvalue weighted by atomic mass is 19.2. The van der Waals surface area contributed by atoms with Gasteiger partial charge in [0.15, 0.2) is 23.2 Å². The minimum absolute atomic E-state index is 0.00534. The monoisotopic (exact) mass is 552 g/mol. The molecule has 0 bridgehead atoms. The molecule has 1 fully saturated rings. The van der Waals surface area contributed by atoms with Gasteiger partial charge in [-0.05, 0) is 91.8 Å². The molecule has 0 heterocycles. The van der Waals surface area contributed by atoms with Crippen molar-refractivity contribution in [2.45, 2.75) is 76.9 Å². The van der Waals surface area contributed by atoms with Crippen LogP contribution in [0, 0.1) is 17.5 Å². The zero-order valence-electron chi connectivity index (χ0n) is 23.3. The van der Waals surface area contributed by atoms with Crippen molar-refractivity contribution in [3.8, 4) is 22.6 Å². The molecule has 6 heteroatoms. The van der Waals surface area contributed by atoms with Crippen molar-refractivity contribution in [3.63, 3.8) is 0 Å². The van der Waals surface area contributed by atoms with Crippen molar-refractivity contribution < 1.29 is 27.4 Å². The second-order valence-electron chi connectivity index (χ2n) is 10.4. The van der Waals surface area contributed by atoms with E-state index in [0.717, 1.165) is 63.5 Å². The van der Waals surface area contributed by atoms with Crippen molar-refractivity contribution in [2.75, 3.05) is 13.2 Å². The van der Waals surface area contributed by atoms with Crippen molar-refractivity contribution in [1.82, 2.24) is 0 Å². The van der Waals surface area contributed by atoms with Gasteiger partial charge in [0, 0.05) is 12.2 Å². The standard InChI is InChI=1S/C34H39F3O3/c1-3-5-7-21-39-32-19-13-26(22-31(32)35)24-8-14-29(15-9-24)40-23-27-12-18-30(34(37)33(27)36)25-10-16-28(17-11-25)38-20-6-4-2/h3,8-9,12-15,18-19,22,25,28H,1,4-7,10-11,16-17,20-21,23H2,2H3. The Hall–Kier alpha value is -3.25. The van der Waals surface area contributed by atoms with Crippen LogP contribution in [0.25, 0.3) is 11.1 Å². The van der Waals surface area contributed by atoms with Gasteiger partial charge in [-0.3, -0.25) is 0 Å². The molecule has 0 radical (unpaired) electrons. The fraction of sp³-hybridized carbons (Fsp3) is 0.412. The van der Waals surface area contributed by atoms with Crippen LogP contribution in [0.15, 0.2) is 67.3 Å². The van der Waals surface area contributed by atoms with Gasteiger partial charge < -0.3 is 14.2 Å². The molecule has 3 aromatic rings. The summed E-state index contributed by atoms with van der Waals surface area (Å²) in [6.07, 6.45) is 9.11. The van der Waals surface area contributed by atoms with Crippen LogP contribution in [0.3, 0.4) is 0 Å². The molecule has 0 aromatic heterocycles. The number of allylic oxidation sites excluding steroid dienone is 1. The molecule has 214 valence electrons. The minimum Gasteiger partial charge on any atom is -0.491 e. The summed E-state index contributed by atoms with van der Waals surface area (Å²) in [7, 11) is 0. The van der Waals surface area contributed by atoms with Gasteiger partial charge in [-0.2, -0.15) is 0 Å². The molecule has 1 saturated carbocycles. The van der Waals surface area contributed by atoms with E-state index in [1.54, 1.807) is 54.6 Å². The van der Waals surface area contributed by atoms with E-state index in [-0.39, 0.29) is 29.9 Å². The zero-order valence-corrected chi connectivity index (χ0v) is 23.3. The summed E-state index contributed by atoms with van der Waals surface area (Å²) < 4.78 is 61.6. The number of rotatable bonds is 14. The Bertz CT molecular complexity index is 1230. The molecular weight excluding hydrogens is 513 g/mol. The largest absolute Gasteiger partial charge is 0.491 e. The molecule has 40 heavy (non-hydrogen) atoms. The Morgan fingerprint density at radius 1 is 0.825 bits per heavy atom. The Morgan fingerprint density at radius 2 is 1.57 bits per heavy atom. The van der Waals surface area contributed by atoms with E-state index in [1.807, 2.05) is 0 Å². The minimum atomic E-state index is -0.849. The lowest BCUT2D eigenvalue weighted by molar-refractivity contribution is 0.0230. The van der Waals surface area contributed by atoms with E-state index < -0.39 is 17.5 Å². The highest BCUT2D eigenvalue weighted by Crippen LogP contribution is 2.36. The Balaban J connectivity index is 1.31. The van der Waals surface area contributed by atoms with E-state index in [1.165, 1.54) is 6.07 Å². The third-order valence-electron chi connectivity index (χ3n) is 7.48. The van der Waals surface area contributed by atoms with Gasteiger partial charge in [-0.1, -0.05) is 49.8 Å². The Morgan fingerprint density at radius 3 is 2.27 bits per heavy atom. The van der Waals surface area contributed by atoms with Gasteiger partial charge in [-0.25, -0.2) is 13.2 Å². The smallest absolute Gasteiger partial charge is 0.165 e. The van der Waals surface area contributed by atoms with Gasteiger partial charge in [0.1, 0.15) is 12.4 Å². The maximum atomic E-state index is 15.0. The second kappa shape index (κ2) is 14.9. The van der Waals surface area contributed by atoms with Crippen LogP contribution in [-0.4, -0.2) is 19.3 Å². The van der Waals surface area contributed by atoms with Gasteiger partial charge in [0.25, 0.3) is 0 Å². The first kappa shape index (κ1) is 29.7. The van der Waals surface area contributed by atoms with E-state index in [4.69, 9.17) is 14.2 Å². The third-order valence-corrected chi connectivity index (χ3v) is 7.48. The molecule has 3 nitrogen and oxygen atoms in total. The SMILES string of the molecule is C=CCCCOc1ccc(-c2ccc(OCc3ccc(C4CCC(OCCCC)CC4)c(F)c3F)cc2)cc1F. The van der Waals surface area contributed by atoms with Crippen molar-refractivity contribution in [3.05, 3.63) is 95.8 Å². The highest BCUT2D eigenvalue weighted by molar-refractivity contribution is 5.65. The first-order valence-electron chi connectivity index (χ1n) is 14.3. The van der Waals surface area contributed by atoms with Crippen LogP contribution < -0.4 is 9.47 Å². The van der Waals surface area contributed by atoms with Crippen LogP contribution in [-0.2, 0) is 11.3 Å². The molecule has 0 saturated heterocycles. The van der Waals surface area contributed by atoms with Crippen LogP contribution >= 0.6 is 0 Å². The summed E-state index contributed by atoms with van der Waals surface area (Å²) >= 11 is 0. The van der Waals surface area contributed by atoms with Gasteiger partial charge >= 0.3 is 0 Å². The van der Waals surface area contributed by atoms with Crippen LogP contribution in [0.5, 0.6) is 11.5 Å². The van der Waals surface area contributed by atoms with Crippen LogP contribution in [0.2, 0.25) is 0 Å². The predicted molar refractivity (Wildman–Crippen MR) is 153 cm³/mol. The molecule has 0 spiro atoms. The topological polar surface area (TPSA) is 27.7 Å². The maximum Gasteiger partial charge on any atom is 0.165 e. The summed E-state index contributed by atoms with van der Waals surface area (Å²) in [6.45, 7) is 6.90. The van der Waals surface area contributed by atoms with Gasteiger partial charge in [0.05, 0.1) is 12.7 Å². The summed E-state index contributed by atoms with van der Waals surface area (Å²) in [5, 5.41) is 0. The summed E-state index contributed by atoms with van der Waals surface area (Å²) in [4.78, 5) is 0. The number of unbranched alkanes of at least 4 members (excludes halogenated alkanes) is 2. The van der Waals surface area contributed by atoms with Gasteiger partial charge in [-0.15, -0.1) is 6.58 Å². The molecule has 0 amide bonds. The zero-order chi connectivity index (χ0) is 28.3. The molecule has 1 aliphatic carbocycles. The second-order valence-corrected chi connectivity index (χ2v) is 10.4. The van der Waals surface area contributed by atoms with E-state index >= 15 is 4.39 Å². The quantitative estimate of drug-likeness (QED) is 0.147. The third kappa shape index (κ3) is 7.91. The molecule has 1 aliphatic rings. The summed E-state index contributed by atoms with van der Waals surface area (Å²) in [5.74, 6) is -1.31. The van der Waals surface area contributed by atoms with Crippen LogP contribution in [0.4, 0.5) is 13.2 Å². The van der Waals surface area contributed by atoms with E-state index in [0.29, 0.717) is 23.5 Å². The van der Waals surface area contributed by atoms with Crippen molar-refractivity contribution >= 4 is 0 Å². The first-order valence-corrected chi connectivity index (χ1v) is 14.3. The maximum absolute atomic E-state index is 15.0. The lowest BCUT2D eigenvalue weighted by Crippen LogP contribution is -2.22. The molecule has 4 rings (SSSR count). The average Bonchev–Trinajstić information content (AvgIpc) is 2.98. The number of benzene rings is 3. The first-order chi connectivity index (χ1) is 19.5. The molecule has 0 unspecified atom stereocenters. The average molecular weight is 553 g/mol. The molecule has 0 atom stereocenters. The summed E-state index contributed by atoms with van der Waals surface area (Å²) in [6, 6.07) is 15.2. The highest BCUT2D eigenvalue weighted by Gasteiger charge is 2.26. The lowest BCUT2D eigenvalue weighted by Gasteiger charge is -2.29. The Kier molecular flexibility index (Phi) is 11.1. The van der Waals surface area contributed by atoms with E-state index in [2.05, 4.69) is 13.5 Å². The fourth-order valence-electron chi connectivity index (χ4n) is 5.08. The fourth-order valence-corrected chi connectivity index (χ4v) is 5.08. The summed E-state index contributed by atoms with van der Waals surface area (Å²) in [5.41, 5.74) is 2.12. The molecule has 3 aromatic carbocycles. The molecule has 0 N–H and O–H groups in total. The molecule has 0 aliphatic heterocycles. The number of hydrogen-bond donors (Lipinski definition) is 0. The van der Waals surface area contributed by atoms with E-state index in [9.17, 15) is 8.78 Å². The van der Waals surface area contributed by atoms with Gasteiger partial charge in [0.2, 0.25) is 0 Å².